The van der Waals surface area contributed by atoms with Crippen molar-refractivity contribution in [2.75, 3.05) is 0 Å². The van der Waals surface area contributed by atoms with E-state index in [1.54, 1.807) is 24.3 Å². The summed E-state index contributed by atoms with van der Waals surface area (Å²) in [5.74, 6) is -2.17. The van der Waals surface area contributed by atoms with Crippen molar-refractivity contribution in [1.29, 1.82) is 0 Å². The van der Waals surface area contributed by atoms with Crippen LogP contribution in [0, 0.1) is 0 Å². The van der Waals surface area contributed by atoms with Crippen molar-refractivity contribution < 1.29 is 19.4 Å². The van der Waals surface area contributed by atoms with Gasteiger partial charge in [0.25, 0.3) is 5.95 Å². The average Bonchev–Trinajstić information content (AvgIpc) is 2.40. The van der Waals surface area contributed by atoms with Crippen molar-refractivity contribution in [3.05, 3.63) is 50.3 Å². The molecule has 1 aromatic carbocycles. The van der Waals surface area contributed by atoms with Crippen molar-refractivity contribution in [1.82, 2.24) is 0 Å². The molecular formula is C15H12BrNO5. The second kappa shape index (κ2) is 6.15. The Morgan fingerprint density at radius 2 is 1.73 bits per heavy atom. The molecule has 0 amide bonds. The number of hydrogen-bond acceptors (Lipinski definition) is 6. The van der Waals surface area contributed by atoms with Crippen LogP contribution in [-0.4, -0.2) is 21.7 Å². The monoisotopic (exact) mass is 365 g/mol. The van der Waals surface area contributed by atoms with Crippen LogP contribution < -0.4 is 5.63 Å². The zero-order chi connectivity index (χ0) is 16.4. The van der Waals surface area contributed by atoms with Gasteiger partial charge in [-0.2, -0.15) is 0 Å². The molecule has 0 saturated carbocycles. The maximum absolute atomic E-state index is 11.8. The van der Waals surface area contributed by atoms with E-state index < -0.39 is 28.7 Å². The first kappa shape index (κ1) is 16.0. The van der Waals surface area contributed by atoms with Crippen molar-refractivity contribution in [3.8, 4) is 11.7 Å². The van der Waals surface area contributed by atoms with E-state index in [1.165, 1.54) is 6.92 Å². The third kappa shape index (κ3) is 3.09. The number of rotatable bonds is 3. The van der Waals surface area contributed by atoms with Crippen molar-refractivity contribution in [2.45, 2.75) is 13.8 Å². The van der Waals surface area contributed by atoms with Gasteiger partial charge >= 0.3 is 5.63 Å². The Labute approximate surface area is 133 Å². The van der Waals surface area contributed by atoms with Crippen LogP contribution in [0.5, 0.6) is 11.7 Å². The summed E-state index contributed by atoms with van der Waals surface area (Å²) in [6.07, 6.45) is 0. The van der Waals surface area contributed by atoms with Crippen LogP contribution in [0.15, 0.2) is 42.9 Å². The van der Waals surface area contributed by atoms with Gasteiger partial charge in [0, 0.05) is 4.47 Å². The van der Waals surface area contributed by atoms with Gasteiger partial charge in [0.2, 0.25) is 0 Å². The molecule has 6 nitrogen and oxygen atoms in total. The first-order valence-corrected chi connectivity index (χ1v) is 7.01. The Bertz CT molecular complexity index is 821. The molecule has 0 atom stereocenters. The molecule has 0 spiro atoms. The molecule has 2 rings (SSSR count). The molecule has 22 heavy (non-hydrogen) atoms. The Hall–Kier alpha value is -2.41. The summed E-state index contributed by atoms with van der Waals surface area (Å²) in [6.45, 7) is 2.63. The van der Waals surface area contributed by atoms with Crippen LogP contribution in [0.25, 0.3) is 0 Å². The van der Waals surface area contributed by atoms with E-state index in [0.29, 0.717) is 5.69 Å². The number of nitrogens with zero attached hydrogens (tertiary/aromatic N) is 1. The van der Waals surface area contributed by atoms with Gasteiger partial charge in [0.15, 0.2) is 5.78 Å². The lowest BCUT2D eigenvalue weighted by molar-refractivity contribution is 0.100. The van der Waals surface area contributed by atoms with Crippen LogP contribution >= 0.6 is 15.9 Å². The molecule has 0 aliphatic carbocycles. The lowest BCUT2D eigenvalue weighted by Gasteiger charge is -2.07. The Morgan fingerprint density at radius 1 is 1.14 bits per heavy atom. The number of carbonyl (C=O) groups is 1. The van der Waals surface area contributed by atoms with Gasteiger partial charge in [-0.05, 0) is 38.1 Å². The quantitative estimate of drug-likeness (QED) is 0.642. The molecular weight excluding hydrogens is 354 g/mol. The molecule has 0 unspecified atom stereocenters. The van der Waals surface area contributed by atoms with Gasteiger partial charge in [-0.1, -0.05) is 15.9 Å². The minimum Gasteiger partial charge on any atom is -0.506 e. The summed E-state index contributed by atoms with van der Waals surface area (Å²) < 4.78 is 5.46. The molecule has 1 heterocycles. The first-order valence-electron chi connectivity index (χ1n) is 6.22. The zero-order valence-corrected chi connectivity index (χ0v) is 13.3. The summed E-state index contributed by atoms with van der Waals surface area (Å²) in [6, 6.07) is 6.95. The number of aliphatic imine (C=N–C) groups is 1. The molecule has 0 aliphatic rings. The lowest BCUT2D eigenvalue weighted by Crippen LogP contribution is -2.15. The molecule has 2 N–H and O–H groups in total. The predicted molar refractivity (Wildman–Crippen MR) is 84.3 cm³/mol. The van der Waals surface area contributed by atoms with E-state index >= 15 is 0 Å². The van der Waals surface area contributed by atoms with Crippen LogP contribution in [0.1, 0.15) is 29.8 Å². The number of carbonyl (C=O) groups excluding carboxylic acids is 1. The van der Waals surface area contributed by atoms with E-state index in [1.807, 2.05) is 0 Å². The van der Waals surface area contributed by atoms with E-state index in [4.69, 9.17) is 0 Å². The lowest BCUT2D eigenvalue weighted by atomic mass is 10.1. The molecule has 2 aromatic rings. The second-order valence-electron chi connectivity index (χ2n) is 4.52. The second-order valence-corrected chi connectivity index (χ2v) is 5.44. The molecule has 0 bridgehead atoms. The predicted octanol–water partition coefficient (Wildman–Crippen LogP) is 3.16. The van der Waals surface area contributed by atoms with Gasteiger partial charge in [-0.25, -0.2) is 4.79 Å². The molecule has 114 valence electrons. The van der Waals surface area contributed by atoms with Crippen molar-refractivity contribution in [3.63, 3.8) is 0 Å². The fourth-order valence-electron chi connectivity index (χ4n) is 1.91. The number of hydrogen-bond donors (Lipinski definition) is 2. The number of Topliss-reactive ketones (excluding diaryl/α,β-unsaturated/α-hetero) is 1. The van der Waals surface area contributed by atoms with Gasteiger partial charge in [-0.3, -0.25) is 9.79 Å². The maximum Gasteiger partial charge on any atom is 0.351 e. The standard InChI is InChI=1S/C15H12BrNO5/c1-7(17-10-5-3-9(16)4-6-10)11-13(19)12(8(2)18)15(21)22-14(11)20/h3-6,19,21H,1-2H3. The smallest absolute Gasteiger partial charge is 0.351 e. The summed E-state index contributed by atoms with van der Waals surface area (Å²) >= 11 is 3.29. The fraction of sp³-hybridized carbons (Fsp3) is 0.133. The number of halogens is 1. The highest BCUT2D eigenvalue weighted by Crippen LogP contribution is 2.29. The minimum atomic E-state index is -0.974. The van der Waals surface area contributed by atoms with Crippen LogP contribution in [-0.2, 0) is 0 Å². The van der Waals surface area contributed by atoms with Crippen LogP contribution in [0.4, 0.5) is 5.69 Å². The third-order valence-electron chi connectivity index (χ3n) is 2.92. The summed E-state index contributed by atoms with van der Waals surface area (Å²) in [7, 11) is 0. The van der Waals surface area contributed by atoms with Crippen LogP contribution in [0.2, 0.25) is 0 Å². The number of ketones is 1. The summed E-state index contributed by atoms with van der Waals surface area (Å²) in [5.41, 5.74) is -0.961. The molecule has 7 heteroatoms. The van der Waals surface area contributed by atoms with Gasteiger partial charge < -0.3 is 14.6 Å². The maximum atomic E-state index is 11.8. The Balaban J connectivity index is 2.61. The van der Waals surface area contributed by atoms with E-state index in [9.17, 15) is 19.8 Å². The largest absolute Gasteiger partial charge is 0.506 e. The SMILES string of the molecule is CC(=O)c1c(O)oc(=O)c(C(C)=Nc2ccc(Br)cc2)c1O. The topological polar surface area (TPSA) is 100 Å². The fourth-order valence-corrected chi connectivity index (χ4v) is 2.18. The van der Waals surface area contributed by atoms with Gasteiger partial charge in [0.05, 0.1) is 11.4 Å². The zero-order valence-electron chi connectivity index (χ0n) is 11.8. The van der Waals surface area contributed by atoms with E-state index in [0.717, 1.165) is 11.4 Å². The van der Waals surface area contributed by atoms with E-state index in [2.05, 4.69) is 25.3 Å². The highest BCUT2D eigenvalue weighted by molar-refractivity contribution is 9.10. The highest BCUT2D eigenvalue weighted by Gasteiger charge is 2.23. The first-order chi connectivity index (χ1) is 10.3. The third-order valence-corrected chi connectivity index (χ3v) is 3.45. The molecule has 1 aromatic heterocycles. The normalized spacial score (nSPS) is 11.5. The Kier molecular flexibility index (Phi) is 4.46. The number of aromatic hydroxyl groups is 2. The van der Waals surface area contributed by atoms with Crippen LogP contribution in [0.3, 0.4) is 0 Å². The van der Waals surface area contributed by atoms with Gasteiger partial charge in [-0.15, -0.1) is 0 Å². The van der Waals surface area contributed by atoms with E-state index in [-0.39, 0.29) is 11.3 Å². The van der Waals surface area contributed by atoms with Crippen molar-refractivity contribution >= 4 is 33.1 Å². The molecule has 0 radical (unpaired) electrons. The molecule has 0 saturated heterocycles. The Morgan fingerprint density at radius 3 is 2.27 bits per heavy atom. The summed E-state index contributed by atoms with van der Waals surface area (Å²) in [4.78, 5) is 27.5. The highest BCUT2D eigenvalue weighted by atomic mass is 79.9. The molecule has 0 aliphatic heterocycles. The average molecular weight is 366 g/mol. The number of benzene rings is 1. The van der Waals surface area contributed by atoms with Gasteiger partial charge in [0.1, 0.15) is 16.9 Å². The summed E-state index contributed by atoms with van der Waals surface area (Å²) in [5, 5.41) is 19.6. The minimum absolute atomic E-state index is 0.163. The van der Waals surface area contributed by atoms with Crippen molar-refractivity contribution in [2.24, 2.45) is 4.99 Å². The molecule has 0 fully saturated rings.